The molecule has 1 atom stereocenters. The van der Waals surface area contributed by atoms with E-state index in [1.807, 2.05) is 0 Å². The number of nitrogens with one attached hydrogen (secondary N) is 1. The van der Waals surface area contributed by atoms with E-state index in [9.17, 15) is 22.0 Å². The summed E-state index contributed by atoms with van der Waals surface area (Å²) in [4.78, 5) is 22.4. The Morgan fingerprint density at radius 1 is 1.26 bits per heavy atom. The van der Waals surface area contributed by atoms with Gasteiger partial charge in [-0.1, -0.05) is 6.07 Å². The normalized spacial score (nSPS) is 18.3. The van der Waals surface area contributed by atoms with Crippen molar-refractivity contribution in [2.75, 3.05) is 28.8 Å². The molecule has 7 nitrogen and oxygen atoms in total. The van der Waals surface area contributed by atoms with E-state index in [2.05, 4.69) is 15.3 Å². The number of carbonyl (C=O) groups excluding carboxylic acids is 1. The van der Waals surface area contributed by atoms with Gasteiger partial charge >= 0.3 is 0 Å². The highest BCUT2D eigenvalue weighted by molar-refractivity contribution is 7.91. The zero-order valence-electron chi connectivity index (χ0n) is 14.7. The van der Waals surface area contributed by atoms with Crippen LogP contribution in [-0.4, -0.2) is 48.9 Å². The van der Waals surface area contributed by atoms with Crippen molar-refractivity contribution in [1.29, 1.82) is 0 Å². The first kappa shape index (κ1) is 19.2. The van der Waals surface area contributed by atoms with Gasteiger partial charge in [0.25, 0.3) is 5.91 Å². The fourth-order valence-electron chi connectivity index (χ4n) is 2.91. The van der Waals surface area contributed by atoms with Crippen molar-refractivity contribution in [1.82, 2.24) is 9.97 Å². The van der Waals surface area contributed by atoms with E-state index < -0.39 is 33.1 Å². The molecule has 0 bridgehead atoms. The van der Waals surface area contributed by atoms with Crippen LogP contribution in [0, 0.1) is 18.6 Å². The van der Waals surface area contributed by atoms with E-state index in [4.69, 9.17) is 0 Å². The molecule has 1 fully saturated rings. The predicted molar refractivity (Wildman–Crippen MR) is 96.5 cm³/mol. The monoisotopic (exact) mass is 396 g/mol. The molecule has 1 saturated heterocycles. The van der Waals surface area contributed by atoms with Gasteiger partial charge in [0.1, 0.15) is 34.7 Å². The zero-order valence-corrected chi connectivity index (χ0v) is 15.6. The summed E-state index contributed by atoms with van der Waals surface area (Å²) >= 11 is 0. The predicted octanol–water partition coefficient (Wildman–Crippen LogP) is 1.94. The molecule has 1 aromatic carbocycles. The Morgan fingerprint density at radius 2 is 1.93 bits per heavy atom. The molecular weight excluding hydrogens is 378 g/mol. The molecule has 27 heavy (non-hydrogen) atoms. The number of anilines is 2. The molecular formula is C17H18F2N4O3S. The lowest BCUT2D eigenvalue weighted by atomic mass is 10.2. The summed E-state index contributed by atoms with van der Waals surface area (Å²) in [5, 5.41) is 2.18. The van der Waals surface area contributed by atoms with Gasteiger partial charge in [-0.15, -0.1) is 0 Å². The molecule has 3 rings (SSSR count). The van der Waals surface area contributed by atoms with Gasteiger partial charge in [-0.05, 0) is 25.5 Å². The van der Waals surface area contributed by atoms with Gasteiger partial charge in [0.05, 0.1) is 11.5 Å². The summed E-state index contributed by atoms with van der Waals surface area (Å²) in [5.41, 5.74) is -0.636. The number of rotatable bonds is 4. The van der Waals surface area contributed by atoms with E-state index in [0.29, 0.717) is 12.2 Å². The third-order valence-electron chi connectivity index (χ3n) is 4.38. The molecule has 2 heterocycles. The van der Waals surface area contributed by atoms with Gasteiger partial charge in [0.2, 0.25) is 0 Å². The third-order valence-corrected chi connectivity index (χ3v) is 6.13. The Kier molecular flexibility index (Phi) is 5.09. The molecule has 1 aromatic heterocycles. The number of hydrogen-bond donors (Lipinski definition) is 1. The molecule has 2 aromatic rings. The summed E-state index contributed by atoms with van der Waals surface area (Å²) in [7, 11) is -1.40. The number of hydrogen-bond acceptors (Lipinski definition) is 6. The van der Waals surface area contributed by atoms with Crippen LogP contribution in [0.2, 0.25) is 0 Å². The maximum Gasteiger partial charge on any atom is 0.274 e. The molecule has 0 saturated carbocycles. The van der Waals surface area contributed by atoms with Crippen LogP contribution in [0.1, 0.15) is 22.7 Å². The van der Waals surface area contributed by atoms with Crippen molar-refractivity contribution in [2.45, 2.75) is 19.4 Å². The van der Waals surface area contributed by atoms with Crippen LogP contribution in [-0.2, 0) is 9.84 Å². The van der Waals surface area contributed by atoms with Crippen LogP contribution in [0.25, 0.3) is 0 Å². The van der Waals surface area contributed by atoms with Gasteiger partial charge in [-0.3, -0.25) is 4.79 Å². The second kappa shape index (κ2) is 7.18. The average Bonchev–Trinajstić information content (AvgIpc) is 2.96. The Hall–Kier alpha value is -2.62. The quantitative estimate of drug-likeness (QED) is 0.849. The number of aromatic nitrogens is 2. The summed E-state index contributed by atoms with van der Waals surface area (Å²) < 4.78 is 50.9. The van der Waals surface area contributed by atoms with Gasteiger partial charge in [-0.2, -0.15) is 0 Å². The first-order chi connectivity index (χ1) is 12.7. The van der Waals surface area contributed by atoms with Crippen LogP contribution in [0.15, 0.2) is 24.3 Å². The summed E-state index contributed by atoms with van der Waals surface area (Å²) in [6.45, 7) is 1.57. The summed E-state index contributed by atoms with van der Waals surface area (Å²) in [5.74, 6) is -1.84. The van der Waals surface area contributed by atoms with Crippen molar-refractivity contribution in [3.8, 4) is 0 Å². The Labute approximate surface area is 155 Å². The summed E-state index contributed by atoms with van der Waals surface area (Å²) in [6, 6.07) is 4.36. The molecule has 1 aliphatic heterocycles. The smallest absolute Gasteiger partial charge is 0.274 e. The van der Waals surface area contributed by atoms with Crippen molar-refractivity contribution < 1.29 is 22.0 Å². The van der Waals surface area contributed by atoms with Crippen molar-refractivity contribution in [2.24, 2.45) is 0 Å². The molecule has 1 N–H and O–H groups in total. The van der Waals surface area contributed by atoms with Gasteiger partial charge in [0, 0.05) is 19.2 Å². The SMILES string of the molecule is Cc1nc(C(=O)Nc2c(F)cccc2F)cc(N(C)C2CCS(=O)(=O)C2)n1. The number of benzene rings is 1. The standard InChI is InChI=1S/C17H18F2N4O3S/c1-10-20-14(17(24)22-16-12(18)4-3-5-13(16)19)8-15(21-10)23(2)11-6-7-27(25,26)9-11/h3-5,8,11H,6-7,9H2,1-2H3,(H,22,24). The highest BCUT2D eigenvalue weighted by Gasteiger charge is 2.31. The molecule has 0 spiro atoms. The Balaban J connectivity index is 1.86. The minimum absolute atomic E-state index is 0.00845. The lowest BCUT2D eigenvalue weighted by Gasteiger charge is -2.25. The van der Waals surface area contributed by atoms with E-state index in [-0.39, 0.29) is 29.1 Å². The Bertz CT molecular complexity index is 977. The average molecular weight is 396 g/mol. The van der Waals surface area contributed by atoms with Crippen molar-refractivity contribution in [3.63, 3.8) is 0 Å². The largest absolute Gasteiger partial charge is 0.356 e. The lowest BCUT2D eigenvalue weighted by Crippen LogP contribution is -2.33. The van der Waals surface area contributed by atoms with Crippen LogP contribution < -0.4 is 10.2 Å². The number of carbonyl (C=O) groups is 1. The number of halogens is 2. The van der Waals surface area contributed by atoms with E-state index in [1.54, 1.807) is 18.9 Å². The molecule has 144 valence electrons. The van der Waals surface area contributed by atoms with Crippen molar-refractivity contribution >= 4 is 27.2 Å². The second-order valence-corrected chi connectivity index (χ2v) is 8.61. The second-order valence-electron chi connectivity index (χ2n) is 6.38. The Morgan fingerprint density at radius 3 is 2.52 bits per heavy atom. The maximum atomic E-state index is 13.7. The fourth-order valence-corrected chi connectivity index (χ4v) is 4.69. The van der Waals surface area contributed by atoms with Crippen LogP contribution >= 0.6 is 0 Å². The number of sulfone groups is 1. The summed E-state index contributed by atoms with van der Waals surface area (Å²) in [6.07, 6.45) is 0.462. The number of nitrogens with zero attached hydrogens (tertiary/aromatic N) is 3. The molecule has 1 aliphatic rings. The topological polar surface area (TPSA) is 92.3 Å². The van der Waals surface area contributed by atoms with E-state index in [1.165, 1.54) is 12.1 Å². The van der Waals surface area contributed by atoms with Gasteiger partial charge in [-0.25, -0.2) is 27.2 Å². The van der Waals surface area contributed by atoms with Gasteiger partial charge < -0.3 is 10.2 Å². The number of aryl methyl sites for hydroxylation is 1. The lowest BCUT2D eigenvalue weighted by molar-refractivity contribution is 0.102. The highest BCUT2D eigenvalue weighted by Crippen LogP contribution is 2.23. The van der Waals surface area contributed by atoms with E-state index in [0.717, 1.165) is 12.1 Å². The van der Waals surface area contributed by atoms with Crippen molar-refractivity contribution in [3.05, 3.63) is 47.4 Å². The van der Waals surface area contributed by atoms with Crippen LogP contribution in [0.4, 0.5) is 20.3 Å². The molecule has 0 radical (unpaired) electrons. The minimum Gasteiger partial charge on any atom is -0.356 e. The first-order valence-corrected chi connectivity index (χ1v) is 10.0. The van der Waals surface area contributed by atoms with Crippen LogP contribution in [0.5, 0.6) is 0 Å². The van der Waals surface area contributed by atoms with E-state index >= 15 is 0 Å². The zero-order chi connectivity index (χ0) is 19.8. The fraction of sp³-hybridized carbons (Fsp3) is 0.353. The molecule has 0 aliphatic carbocycles. The maximum absolute atomic E-state index is 13.7. The third kappa shape index (κ3) is 4.21. The molecule has 1 amide bonds. The highest BCUT2D eigenvalue weighted by atomic mass is 32.2. The minimum atomic E-state index is -3.08. The molecule has 10 heteroatoms. The van der Waals surface area contributed by atoms with Gasteiger partial charge in [0.15, 0.2) is 9.84 Å². The van der Waals surface area contributed by atoms with Crippen LogP contribution in [0.3, 0.4) is 0 Å². The number of amides is 1. The number of para-hydroxylation sites is 1. The first-order valence-electron chi connectivity index (χ1n) is 8.20. The molecule has 1 unspecified atom stereocenters.